The van der Waals surface area contributed by atoms with E-state index in [9.17, 15) is 9.59 Å². The van der Waals surface area contributed by atoms with Gasteiger partial charge in [-0.2, -0.15) is 0 Å². The van der Waals surface area contributed by atoms with Gasteiger partial charge in [0.1, 0.15) is 0 Å². The molecule has 1 aliphatic heterocycles. The van der Waals surface area contributed by atoms with Crippen molar-refractivity contribution in [2.45, 2.75) is 32.5 Å². The molecule has 1 aromatic rings. The molecule has 1 saturated heterocycles. The molecular formula is C15H16O4. The molecule has 3 rings (SSSR count). The lowest BCUT2D eigenvalue weighted by molar-refractivity contribution is -0.244. The Balaban J connectivity index is 1.98. The first-order chi connectivity index (χ1) is 8.89. The van der Waals surface area contributed by atoms with Crippen LogP contribution in [-0.2, 0) is 19.1 Å². The van der Waals surface area contributed by atoms with Crippen LogP contribution in [0.3, 0.4) is 0 Å². The van der Waals surface area contributed by atoms with Gasteiger partial charge in [-0.25, -0.2) is 0 Å². The summed E-state index contributed by atoms with van der Waals surface area (Å²) in [7, 11) is 0. The molecule has 2 atom stereocenters. The van der Waals surface area contributed by atoms with Crippen molar-refractivity contribution < 1.29 is 19.1 Å². The van der Waals surface area contributed by atoms with Crippen LogP contribution >= 0.6 is 0 Å². The Hall–Kier alpha value is -1.84. The largest absolute Gasteiger partial charge is 0.422 e. The predicted molar refractivity (Wildman–Crippen MR) is 67.0 cm³/mol. The minimum absolute atomic E-state index is 0.0917. The number of carbonyl (C=O) groups excluding carboxylic acids is 2. The van der Waals surface area contributed by atoms with Crippen molar-refractivity contribution in [3.63, 3.8) is 0 Å². The van der Waals surface area contributed by atoms with Gasteiger partial charge in [-0.05, 0) is 11.5 Å². The van der Waals surface area contributed by atoms with Crippen LogP contribution in [0.25, 0.3) is 0 Å². The van der Waals surface area contributed by atoms with Gasteiger partial charge in [0.05, 0.1) is 0 Å². The molecule has 19 heavy (non-hydrogen) atoms. The normalized spacial score (nSPS) is 30.7. The second-order valence-electron chi connectivity index (χ2n) is 5.72. The fraction of sp³-hybridized carbons (Fsp3) is 0.467. The maximum absolute atomic E-state index is 12.3. The summed E-state index contributed by atoms with van der Waals surface area (Å²) >= 11 is 0. The molecule has 0 N–H and O–H groups in total. The van der Waals surface area contributed by atoms with Crippen molar-refractivity contribution in [3.8, 4) is 0 Å². The van der Waals surface area contributed by atoms with Gasteiger partial charge in [0.15, 0.2) is 5.41 Å². The van der Waals surface area contributed by atoms with E-state index in [1.165, 1.54) is 0 Å². The van der Waals surface area contributed by atoms with Crippen LogP contribution < -0.4 is 0 Å². The maximum atomic E-state index is 12.3. The topological polar surface area (TPSA) is 52.6 Å². The molecule has 1 heterocycles. The lowest BCUT2D eigenvalue weighted by Crippen LogP contribution is -2.48. The molecule has 2 fully saturated rings. The van der Waals surface area contributed by atoms with Crippen molar-refractivity contribution in [2.75, 3.05) is 0 Å². The van der Waals surface area contributed by atoms with Crippen LogP contribution in [0.4, 0.5) is 0 Å². The Kier molecular flexibility index (Phi) is 2.31. The van der Waals surface area contributed by atoms with Crippen LogP contribution in [0.15, 0.2) is 30.3 Å². The summed E-state index contributed by atoms with van der Waals surface area (Å²) < 4.78 is 10.5. The fourth-order valence-electron chi connectivity index (χ4n) is 3.12. The number of benzene rings is 1. The summed E-state index contributed by atoms with van der Waals surface area (Å²) in [6.07, 6.45) is 0. The summed E-state index contributed by atoms with van der Waals surface area (Å²) in [4.78, 5) is 24.6. The van der Waals surface area contributed by atoms with Gasteiger partial charge < -0.3 is 9.47 Å². The highest BCUT2D eigenvalue weighted by molar-refractivity contribution is 6.07. The summed E-state index contributed by atoms with van der Waals surface area (Å²) in [5.41, 5.74) is -0.166. The average molecular weight is 260 g/mol. The van der Waals surface area contributed by atoms with E-state index in [-0.39, 0.29) is 11.8 Å². The Morgan fingerprint density at radius 3 is 2.05 bits per heavy atom. The van der Waals surface area contributed by atoms with E-state index >= 15 is 0 Å². The smallest absolute Gasteiger partial charge is 0.327 e. The minimum Gasteiger partial charge on any atom is -0.422 e. The van der Waals surface area contributed by atoms with Gasteiger partial charge in [-0.3, -0.25) is 9.59 Å². The first-order valence-corrected chi connectivity index (χ1v) is 6.41. The molecule has 2 aliphatic rings. The fourth-order valence-corrected chi connectivity index (χ4v) is 3.12. The highest BCUT2D eigenvalue weighted by Gasteiger charge is 2.77. The second kappa shape index (κ2) is 3.59. The number of ether oxygens (including phenoxy) is 2. The summed E-state index contributed by atoms with van der Waals surface area (Å²) in [5.74, 6) is -2.33. The Morgan fingerprint density at radius 2 is 1.53 bits per heavy atom. The summed E-state index contributed by atoms with van der Waals surface area (Å²) in [5, 5.41) is 0. The minimum atomic E-state index is -1.16. The standard InChI is InChI=1S/C15H16O4/c1-9-11(10-7-5-4-6-8-10)15(9)12(16)18-14(2,3)19-13(15)17/h4-9,11H,1-3H3/t9-,11+/m0/s1. The molecule has 4 nitrogen and oxygen atoms in total. The van der Waals surface area contributed by atoms with E-state index in [0.29, 0.717) is 0 Å². The molecule has 0 aromatic heterocycles. The van der Waals surface area contributed by atoms with E-state index in [4.69, 9.17) is 9.47 Å². The van der Waals surface area contributed by atoms with Crippen molar-refractivity contribution in [3.05, 3.63) is 35.9 Å². The highest BCUT2D eigenvalue weighted by Crippen LogP contribution is 2.67. The van der Waals surface area contributed by atoms with E-state index in [1.54, 1.807) is 13.8 Å². The molecule has 0 unspecified atom stereocenters. The van der Waals surface area contributed by atoms with E-state index in [1.807, 2.05) is 37.3 Å². The van der Waals surface area contributed by atoms with Crippen LogP contribution in [0, 0.1) is 11.3 Å². The third-order valence-electron chi connectivity index (χ3n) is 4.11. The second-order valence-corrected chi connectivity index (χ2v) is 5.72. The zero-order valence-electron chi connectivity index (χ0n) is 11.2. The first-order valence-electron chi connectivity index (χ1n) is 6.41. The number of esters is 2. The zero-order chi connectivity index (χ0) is 13.8. The molecule has 0 radical (unpaired) electrons. The Bertz CT molecular complexity index is 527. The summed E-state index contributed by atoms with van der Waals surface area (Å²) in [6.45, 7) is 5.03. The zero-order valence-corrected chi connectivity index (χ0v) is 11.2. The number of rotatable bonds is 1. The number of hydrogen-bond acceptors (Lipinski definition) is 4. The van der Waals surface area contributed by atoms with Crippen LogP contribution in [0.1, 0.15) is 32.3 Å². The molecule has 0 bridgehead atoms. The highest BCUT2D eigenvalue weighted by atomic mass is 16.7. The van der Waals surface area contributed by atoms with E-state index in [0.717, 1.165) is 5.56 Å². The van der Waals surface area contributed by atoms with Gasteiger partial charge in [-0.15, -0.1) is 0 Å². The molecule has 1 spiro atoms. The monoisotopic (exact) mass is 260 g/mol. The average Bonchev–Trinajstić information content (AvgIpc) is 2.94. The van der Waals surface area contributed by atoms with Crippen LogP contribution in [-0.4, -0.2) is 17.7 Å². The number of carbonyl (C=O) groups is 2. The van der Waals surface area contributed by atoms with Crippen molar-refractivity contribution in [1.82, 2.24) is 0 Å². The molecule has 0 amide bonds. The van der Waals surface area contributed by atoms with Gasteiger partial charge >= 0.3 is 11.9 Å². The molecule has 1 aromatic carbocycles. The lowest BCUT2D eigenvalue weighted by Gasteiger charge is -2.33. The molecular weight excluding hydrogens is 244 g/mol. The third kappa shape index (κ3) is 1.52. The number of hydrogen-bond donors (Lipinski definition) is 0. The quantitative estimate of drug-likeness (QED) is 0.574. The molecule has 1 saturated carbocycles. The van der Waals surface area contributed by atoms with Gasteiger partial charge in [0, 0.05) is 19.8 Å². The van der Waals surface area contributed by atoms with Crippen molar-refractivity contribution >= 4 is 11.9 Å². The third-order valence-corrected chi connectivity index (χ3v) is 4.11. The van der Waals surface area contributed by atoms with E-state index < -0.39 is 23.1 Å². The SMILES string of the molecule is C[C@H]1[C@H](c2ccccc2)C12C(=O)OC(C)(C)OC2=O. The Morgan fingerprint density at radius 1 is 1.00 bits per heavy atom. The molecule has 4 heteroatoms. The molecule has 100 valence electrons. The molecule has 1 aliphatic carbocycles. The number of cyclic esters (lactones) is 2. The summed E-state index contributed by atoms with van der Waals surface area (Å²) in [6, 6.07) is 9.56. The van der Waals surface area contributed by atoms with E-state index in [2.05, 4.69) is 0 Å². The lowest BCUT2D eigenvalue weighted by atomic mass is 9.97. The Labute approximate surface area is 111 Å². The van der Waals surface area contributed by atoms with Crippen molar-refractivity contribution in [2.24, 2.45) is 11.3 Å². The van der Waals surface area contributed by atoms with Gasteiger partial charge in [0.2, 0.25) is 0 Å². The predicted octanol–water partition coefficient (Wildman–Crippen LogP) is 2.24. The van der Waals surface area contributed by atoms with Crippen molar-refractivity contribution in [1.29, 1.82) is 0 Å². The van der Waals surface area contributed by atoms with Gasteiger partial charge in [-0.1, -0.05) is 37.3 Å². The maximum Gasteiger partial charge on any atom is 0.327 e. The van der Waals surface area contributed by atoms with Crippen LogP contribution in [0.2, 0.25) is 0 Å². The first kappa shape index (κ1) is 12.2. The van der Waals surface area contributed by atoms with Gasteiger partial charge in [0.25, 0.3) is 5.79 Å². The van der Waals surface area contributed by atoms with Crippen LogP contribution in [0.5, 0.6) is 0 Å².